The molecule has 1 heterocycles. The lowest BCUT2D eigenvalue weighted by molar-refractivity contribution is -0.132. The number of aryl methyl sites for hydroxylation is 2. The molecule has 0 spiro atoms. The standard InChI is InChI=1S/C27H24N2O6/c1-17-23(18(2)35-29-17)15-33-24-14-21-11-7-6-10-20(21)13-22(24)27(32)34-16-26(31)28-25(30)12-19-8-4-3-5-9-19/h3-11,13-14H,12,15-16H2,1-2H3,(H,28,30,31). The van der Waals surface area contributed by atoms with E-state index >= 15 is 0 Å². The van der Waals surface area contributed by atoms with Crippen molar-refractivity contribution in [2.24, 2.45) is 0 Å². The summed E-state index contributed by atoms with van der Waals surface area (Å²) in [5.41, 5.74) is 2.42. The van der Waals surface area contributed by atoms with Gasteiger partial charge >= 0.3 is 5.97 Å². The maximum Gasteiger partial charge on any atom is 0.342 e. The molecule has 0 unspecified atom stereocenters. The zero-order valence-electron chi connectivity index (χ0n) is 19.4. The zero-order valence-corrected chi connectivity index (χ0v) is 19.4. The van der Waals surface area contributed by atoms with Crippen LogP contribution in [-0.4, -0.2) is 29.5 Å². The summed E-state index contributed by atoms with van der Waals surface area (Å²) >= 11 is 0. The molecule has 4 rings (SSSR count). The molecule has 8 heteroatoms. The lowest BCUT2D eigenvalue weighted by Crippen LogP contribution is -2.35. The average molecular weight is 472 g/mol. The molecule has 0 aliphatic carbocycles. The lowest BCUT2D eigenvalue weighted by Gasteiger charge is -2.13. The fraction of sp³-hybridized carbons (Fsp3) is 0.185. The Balaban J connectivity index is 1.44. The molecule has 0 fully saturated rings. The van der Waals surface area contributed by atoms with E-state index in [9.17, 15) is 14.4 Å². The molecule has 0 bridgehead atoms. The number of rotatable bonds is 8. The number of aromatic nitrogens is 1. The molecule has 0 radical (unpaired) electrons. The molecule has 1 aromatic heterocycles. The smallest absolute Gasteiger partial charge is 0.342 e. The van der Waals surface area contributed by atoms with Crippen molar-refractivity contribution in [2.75, 3.05) is 6.61 Å². The third kappa shape index (κ3) is 5.92. The first-order valence-corrected chi connectivity index (χ1v) is 11.0. The average Bonchev–Trinajstić information content (AvgIpc) is 3.18. The van der Waals surface area contributed by atoms with Gasteiger partial charge in [0.1, 0.15) is 23.7 Å². The summed E-state index contributed by atoms with van der Waals surface area (Å²) in [4.78, 5) is 37.1. The van der Waals surface area contributed by atoms with Gasteiger partial charge in [0.05, 0.1) is 17.7 Å². The van der Waals surface area contributed by atoms with Gasteiger partial charge in [0.15, 0.2) is 6.61 Å². The van der Waals surface area contributed by atoms with Gasteiger partial charge in [0.25, 0.3) is 5.91 Å². The fourth-order valence-electron chi connectivity index (χ4n) is 3.58. The molecule has 0 saturated carbocycles. The van der Waals surface area contributed by atoms with Crippen molar-refractivity contribution in [3.63, 3.8) is 0 Å². The minimum absolute atomic E-state index is 0.0465. The van der Waals surface area contributed by atoms with Gasteiger partial charge in [-0.15, -0.1) is 0 Å². The van der Waals surface area contributed by atoms with E-state index in [0.717, 1.165) is 21.9 Å². The van der Waals surface area contributed by atoms with Gasteiger partial charge in [-0.2, -0.15) is 0 Å². The van der Waals surface area contributed by atoms with Crippen LogP contribution in [0.15, 0.2) is 71.3 Å². The van der Waals surface area contributed by atoms with Gasteiger partial charge in [-0.3, -0.25) is 14.9 Å². The van der Waals surface area contributed by atoms with E-state index in [1.165, 1.54) is 0 Å². The molecule has 3 aromatic carbocycles. The first kappa shape index (κ1) is 23.7. The molecule has 0 aliphatic rings. The second kappa shape index (κ2) is 10.6. The monoisotopic (exact) mass is 472 g/mol. The van der Waals surface area contributed by atoms with Crippen LogP contribution in [0.2, 0.25) is 0 Å². The number of fused-ring (bicyclic) bond motifs is 1. The first-order chi connectivity index (χ1) is 16.9. The molecular weight excluding hydrogens is 448 g/mol. The van der Waals surface area contributed by atoms with E-state index in [-0.39, 0.29) is 18.6 Å². The predicted octanol–water partition coefficient (Wildman–Crippen LogP) is 4.07. The Kier molecular flexibility index (Phi) is 7.21. The zero-order chi connectivity index (χ0) is 24.8. The number of esters is 1. The summed E-state index contributed by atoms with van der Waals surface area (Å²) < 4.78 is 16.3. The normalized spacial score (nSPS) is 10.7. The number of hydrogen-bond acceptors (Lipinski definition) is 7. The van der Waals surface area contributed by atoms with Crippen LogP contribution in [-0.2, 0) is 27.4 Å². The van der Waals surface area contributed by atoms with Crippen LogP contribution in [0.25, 0.3) is 10.8 Å². The van der Waals surface area contributed by atoms with Crippen LogP contribution in [0, 0.1) is 13.8 Å². The van der Waals surface area contributed by atoms with Crippen molar-refractivity contribution in [1.29, 1.82) is 0 Å². The second-order valence-electron chi connectivity index (χ2n) is 8.00. The van der Waals surface area contributed by atoms with Crippen molar-refractivity contribution < 1.29 is 28.4 Å². The Morgan fingerprint density at radius 3 is 2.29 bits per heavy atom. The van der Waals surface area contributed by atoms with E-state index < -0.39 is 24.4 Å². The molecular formula is C27H24N2O6. The van der Waals surface area contributed by atoms with Crippen molar-refractivity contribution in [2.45, 2.75) is 26.9 Å². The number of carbonyl (C=O) groups is 3. The number of hydrogen-bond donors (Lipinski definition) is 1. The first-order valence-electron chi connectivity index (χ1n) is 11.0. The SMILES string of the molecule is Cc1noc(C)c1COc1cc2ccccc2cc1C(=O)OCC(=O)NC(=O)Cc1ccccc1. The largest absolute Gasteiger partial charge is 0.488 e. The lowest BCUT2D eigenvalue weighted by atomic mass is 10.1. The molecule has 0 saturated heterocycles. The highest BCUT2D eigenvalue weighted by molar-refractivity contribution is 6.01. The molecule has 178 valence electrons. The van der Waals surface area contributed by atoms with Gasteiger partial charge in [0, 0.05) is 0 Å². The Morgan fingerprint density at radius 2 is 1.60 bits per heavy atom. The van der Waals surface area contributed by atoms with Crippen LogP contribution in [0.5, 0.6) is 5.75 Å². The number of amides is 2. The topological polar surface area (TPSA) is 108 Å². The van der Waals surface area contributed by atoms with Crippen molar-refractivity contribution in [1.82, 2.24) is 10.5 Å². The van der Waals surface area contributed by atoms with E-state index in [0.29, 0.717) is 17.2 Å². The minimum Gasteiger partial charge on any atom is -0.488 e. The summed E-state index contributed by atoms with van der Waals surface area (Å²) in [7, 11) is 0. The number of ether oxygens (including phenoxy) is 2. The number of carbonyl (C=O) groups excluding carboxylic acids is 3. The number of benzene rings is 3. The summed E-state index contributed by atoms with van der Waals surface area (Å²) in [5.74, 6) is -1.00. The Bertz CT molecular complexity index is 1360. The Labute approximate surface area is 201 Å². The number of nitrogens with one attached hydrogen (secondary N) is 1. The molecule has 4 aromatic rings. The molecule has 1 N–H and O–H groups in total. The minimum atomic E-state index is -0.741. The molecule has 35 heavy (non-hydrogen) atoms. The number of nitrogens with zero attached hydrogens (tertiary/aromatic N) is 1. The van der Waals surface area contributed by atoms with E-state index in [1.807, 2.05) is 37.3 Å². The van der Waals surface area contributed by atoms with Gasteiger partial charge < -0.3 is 14.0 Å². The third-order valence-electron chi connectivity index (χ3n) is 5.44. The van der Waals surface area contributed by atoms with Crippen LogP contribution >= 0.6 is 0 Å². The van der Waals surface area contributed by atoms with E-state index in [2.05, 4.69) is 10.5 Å². The highest BCUT2D eigenvalue weighted by Crippen LogP contribution is 2.28. The third-order valence-corrected chi connectivity index (χ3v) is 5.44. The van der Waals surface area contributed by atoms with Crippen molar-refractivity contribution in [3.05, 3.63) is 94.9 Å². The van der Waals surface area contributed by atoms with E-state index in [1.54, 1.807) is 43.3 Å². The van der Waals surface area contributed by atoms with Crippen LogP contribution in [0.4, 0.5) is 0 Å². The molecule has 0 aliphatic heterocycles. The highest BCUT2D eigenvalue weighted by atomic mass is 16.5. The van der Waals surface area contributed by atoms with Gasteiger partial charge in [-0.1, -0.05) is 59.8 Å². The maximum atomic E-state index is 12.9. The van der Waals surface area contributed by atoms with Crippen LogP contribution in [0.1, 0.15) is 32.9 Å². The van der Waals surface area contributed by atoms with Gasteiger partial charge in [-0.05, 0) is 42.3 Å². The fourth-order valence-corrected chi connectivity index (χ4v) is 3.58. The van der Waals surface area contributed by atoms with Gasteiger partial charge in [-0.25, -0.2) is 4.79 Å². The summed E-state index contributed by atoms with van der Waals surface area (Å²) in [6.45, 7) is 3.14. The quantitative estimate of drug-likeness (QED) is 0.385. The summed E-state index contributed by atoms with van der Waals surface area (Å²) in [6, 6.07) is 19.9. The Morgan fingerprint density at radius 1 is 0.914 bits per heavy atom. The summed E-state index contributed by atoms with van der Waals surface area (Å²) in [6.07, 6.45) is 0.0465. The van der Waals surface area contributed by atoms with Crippen LogP contribution < -0.4 is 10.1 Å². The highest BCUT2D eigenvalue weighted by Gasteiger charge is 2.19. The molecule has 8 nitrogen and oxygen atoms in total. The van der Waals surface area contributed by atoms with Crippen LogP contribution in [0.3, 0.4) is 0 Å². The van der Waals surface area contributed by atoms with Gasteiger partial charge in [0.2, 0.25) is 5.91 Å². The predicted molar refractivity (Wildman–Crippen MR) is 128 cm³/mol. The van der Waals surface area contributed by atoms with Crippen molar-refractivity contribution >= 4 is 28.6 Å². The number of imide groups is 1. The van der Waals surface area contributed by atoms with E-state index in [4.69, 9.17) is 14.0 Å². The Hall–Kier alpha value is -4.46. The summed E-state index contributed by atoms with van der Waals surface area (Å²) in [5, 5.41) is 7.84. The maximum absolute atomic E-state index is 12.9. The molecule has 2 amide bonds. The molecule has 0 atom stereocenters. The second-order valence-corrected chi connectivity index (χ2v) is 8.00. The van der Waals surface area contributed by atoms with Crippen molar-refractivity contribution in [3.8, 4) is 5.75 Å².